The van der Waals surface area contributed by atoms with Crippen LogP contribution in [0.15, 0.2) is 24.3 Å². The van der Waals surface area contributed by atoms with E-state index in [1.54, 1.807) is 25.3 Å². The number of carbonyl (C=O) groups is 2. The Kier molecular flexibility index (Phi) is 5.60. The van der Waals surface area contributed by atoms with Crippen molar-refractivity contribution in [1.82, 2.24) is 0 Å². The van der Waals surface area contributed by atoms with E-state index in [9.17, 15) is 9.59 Å². The maximum atomic E-state index is 12.5. The molecule has 2 rings (SSSR count). The van der Waals surface area contributed by atoms with E-state index in [1.807, 2.05) is 13.0 Å². The van der Waals surface area contributed by atoms with Crippen LogP contribution in [0.3, 0.4) is 0 Å². The molecule has 0 saturated carbocycles. The van der Waals surface area contributed by atoms with Crippen LogP contribution in [-0.2, 0) is 19.1 Å². The topological polar surface area (TPSA) is 81.9 Å². The molecule has 2 N–H and O–H groups in total. The van der Waals surface area contributed by atoms with Gasteiger partial charge >= 0.3 is 5.91 Å². The summed E-state index contributed by atoms with van der Waals surface area (Å²) < 4.78 is 10.7. The molecular formula is C18H22N2O4. The molecule has 0 aliphatic carbocycles. The van der Waals surface area contributed by atoms with E-state index in [0.717, 1.165) is 5.56 Å². The first kappa shape index (κ1) is 18.0. The third-order valence-electron chi connectivity index (χ3n) is 4.48. The third kappa shape index (κ3) is 3.28. The number of primary amides is 1. The number of ether oxygens (including phenoxy) is 2. The normalized spacial score (nSPS) is 17.5. The lowest BCUT2D eigenvalue weighted by atomic mass is 9.86. The zero-order chi connectivity index (χ0) is 17.7. The van der Waals surface area contributed by atoms with Crippen LogP contribution < -0.4 is 10.6 Å². The van der Waals surface area contributed by atoms with Crippen LogP contribution in [0.25, 0.3) is 0 Å². The first-order valence-corrected chi connectivity index (χ1v) is 7.77. The Morgan fingerprint density at radius 3 is 2.62 bits per heavy atom. The van der Waals surface area contributed by atoms with Gasteiger partial charge < -0.3 is 15.2 Å². The zero-order valence-electron chi connectivity index (χ0n) is 14.0. The van der Waals surface area contributed by atoms with Crippen LogP contribution in [-0.4, -0.2) is 37.7 Å². The lowest BCUT2D eigenvalue weighted by molar-refractivity contribution is -0.130. The summed E-state index contributed by atoms with van der Waals surface area (Å²) in [5.41, 5.74) is 5.89. The Labute approximate surface area is 141 Å². The van der Waals surface area contributed by atoms with Crippen molar-refractivity contribution >= 4 is 17.5 Å². The lowest BCUT2D eigenvalue weighted by Gasteiger charge is -2.43. The van der Waals surface area contributed by atoms with Crippen molar-refractivity contribution in [1.29, 1.82) is 0 Å². The van der Waals surface area contributed by atoms with E-state index in [-0.39, 0.29) is 6.10 Å². The maximum Gasteiger partial charge on any atom is 0.303 e. The summed E-state index contributed by atoms with van der Waals surface area (Å²) in [7, 11) is 1.60. The van der Waals surface area contributed by atoms with Crippen molar-refractivity contribution in [3.05, 3.63) is 29.8 Å². The predicted molar refractivity (Wildman–Crippen MR) is 90.2 cm³/mol. The molecule has 0 aromatic heterocycles. The smallest absolute Gasteiger partial charge is 0.303 e. The summed E-state index contributed by atoms with van der Waals surface area (Å²) >= 11 is 0. The second-order valence-electron chi connectivity index (χ2n) is 5.77. The molecule has 1 aliphatic rings. The predicted octanol–water partition coefficient (Wildman–Crippen LogP) is 1.39. The Morgan fingerprint density at radius 1 is 1.42 bits per heavy atom. The molecule has 6 heteroatoms. The SMILES string of the molecule is C#CC(=O)N(c1cccc(C(C)OC)c1)C1(C(N)=O)CCOCC1. The number of amides is 2. The fourth-order valence-corrected chi connectivity index (χ4v) is 2.97. The summed E-state index contributed by atoms with van der Waals surface area (Å²) in [5, 5.41) is 0. The van der Waals surface area contributed by atoms with Crippen LogP contribution in [0.4, 0.5) is 5.69 Å². The third-order valence-corrected chi connectivity index (χ3v) is 4.48. The van der Waals surface area contributed by atoms with Crippen LogP contribution in [0, 0.1) is 12.3 Å². The van der Waals surface area contributed by atoms with Crippen molar-refractivity contribution in [2.45, 2.75) is 31.4 Å². The number of anilines is 1. The number of carbonyl (C=O) groups excluding carboxylic acids is 2. The van der Waals surface area contributed by atoms with E-state index in [0.29, 0.717) is 31.7 Å². The molecule has 2 amide bonds. The molecule has 1 aliphatic heterocycles. The molecule has 24 heavy (non-hydrogen) atoms. The van der Waals surface area contributed by atoms with Gasteiger partial charge in [0.15, 0.2) is 0 Å². The highest BCUT2D eigenvalue weighted by molar-refractivity contribution is 6.11. The molecule has 1 aromatic carbocycles. The second kappa shape index (κ2) is 7.47. The van der Waals surface area contributed by atoms with E-state index in [4.69, 9.17) is 21.6 Å². The van der Waals surface area contributed by atoms with Gasteiger partial charge in [0.05, 0.1) is 6.10 Å². The molecule has 1 atom stereocenters. The van der Waals surface area contributed by atoms with Crippen molar-refractivity contribution in [3.63, 3.8) is 0 Å². The van der Waals surface area contributed by atoms with Gasteiger partial charge in [-0.1, -0.05) is 12.1 Å². The van der Waals surface area contributed by atoms with Gasteiger partial charge in [-0.3, -0.25) is 14.5 Å². The minimum atomic E-state index is -1.18. The average molecular weight is 330 g/mol. The number of rotatable bonds is 5. The first-order chi connectivity index (χ1) is 11.5. The molecule has 0 spiro atoms. The van der Waals surface area contributed by atoms with Gasteiger partial charge in [-0.25, -0.2) is 0 Å². The molecule has 128 valence electrons. The van der Waals surface area contributed by atoms with Crippen molar-refractivity contribution < 1.29 is 19.1 Å². The van der Waals surface area contributed by atoms with Gasteiger partial charge in [-0.2, -0.15) is 0 Å². The standard InChI is InChI=1S/C18H22N2O4/c1-4-16(21)20(18(17(19)22)8-10-24-11-9-18)15-7-5-6-14(12-15)13(2)23-3/h1,5-7,12-13H,8-11H2,2-3H3,(H2,19,22). The number of nitrogens with zero attached hydrogens (tertiary/aromatic N) is 1. The monoisotopic (exact) mass is 330 g/mol. The van der Waals surface area contributed by atoms with Gasteiger partial charge in [-0.15, -0.1) is 6.42 Å². The summed E-state index contributed by atoms with van der Waals surface area (Å²) in [6.07, 6.45) is 5.80. The highest BCUT2D eigenvalue weighted by Crippen LogP contribution is 2.34. The van der Waals surface area contributed by atoms with Crippen LogP contribution in [0.5, 0.6) is 0 Å². The van der Waals surface area contributed by atoms with Gasteiger partial charge in [-0.05, 0) is 30.5 Å². The van der Waals surface area contributed by atoms with Gasteiger partial charge in [0.1, 0.15) is 5.54 Å². The number of hydrogen-bond donors (Lipinski definition) is 1. The molecule has 1 heterocycles. The fraction of sp³-hybridized carbons (Fsp3) is 0.444. The largest absolute Gasteiger partial charge is 0.381 e. The highest BCUT2D eigenvalue weighted by Gasteiger charge is 2.47. The first-order valence-electron chi connectivity index (χ1n) is 7.77. The fourth-order valence-electron chi connectivity index (χ4n) is 2.97. The maximum absolute atomic E-state index is 12.5. The Balaban J connectivity index is 2.55. The summed E-state index contributed by atoms with van der Waals surface area (Å²) in [6, 6.07) is 7.22. The summed E-state index contributed by atoms with van der Waals surface area (Å²) in [6.45, 7) is 2.57. The Morgan fingerprint density at radius 2 is 2.08 bits per heavy atom. The van der Waals surface area contributed by atoms with E-state index in [2.05, 4.69) is 5.92 Å². The van der Waals surface area contributed by atoms with Gasteiger partial charge in [0.2, 0.25) is 5.91 Å². The lowest BCUT2D eigenvalue weighted by Crippen LogP contribution is -2.62. The number of hydrogen-bond acceptors (Lipinski definition) is 4. The zero-order valence-corrected chi connectivity index (χ0v) is 14.0. The van der Waals surface area contributed by atoms with Crippen LogP contribution >= 0.6 is 0 Å². The van der Waals surface area contributed by atoms with Gasteiger partial charge in [0.25, 0.3) is 0 Å². The quantitative estimate of drug-likeness (QED) is 0.827. The summed E-state index contributed by atoms with van der Waals surface area (Å²) in [4.78, 5) is 26.1. The highest BCUT2D eigenvalue weighted by atomic mass is 16.5. The Hall–Kier alpha value is -2.36. The molecule has 1 unspecified atom stereocenters. The number of methoxy groups -OCH3 is 1. The molecule has 1 saturated heterocycles. The number of terminal acetylenes is 1. The van der Waals surface area contributed by atoms with Crippen molar-refractivity contribution in [2.75, 3.05) is 25.2 Å². The molecule has 0 radical (unpaired) electrons. The van der Waals surface area contributed by atoms with E-state index < -0.39 is 17.4 Å². The minimum absolute atomic E-state index is 0.160. The Bertz CT molecular complexity index is 659. The molecule has 1 aromatic rings. The van der Waals surface area contributed by atoms with Crippen LogP contribution in [0.2, 0.25) is 0 Å². The molecule has 1 fully saturated rings. The molecule has 0 bridgehead atoms. The number of benzene rings is 1. The van der Waals surface area contributed by atoms with Crippen molar-refractivity contribution in [2.24, 2.45) is 5.73 Å². The average Bonchev–Trinajstić information content (AvgIpc) is 2.62. The van der Waals surface area contributed by atoms with E-state index in [1.165, 1.54) is 4.90 Å². The molecule has 6 nitrogen and oxygen atoms in total. The summed E-state index contributed by atoms with van der Waals surface area (Å²) in [5.74, 6) is 0.927. The van der Waals surface area contributed by atoms with E-state index >= 15 is 0 Å². The van der Waals surface area contributed by atoms with Gasteiger partial charge in [0, 0.05) is 38.9 Å². The van der Waals surface area contributed by atoms with Crippen LogP contribution in [0.1, 0.15) is 31.4 Å². The molecular weight excluding hydrogens is 308 g/mol. The minimum Gasteiger partial charge on any atom is -0.381 e. The number of nitrogens with two attached hydrogens (primary N) is 1. The second-order valence-corrected chi connectivity index (χ2v) is 5.77. The van der Waals surface area contributed by atoms with Crippen molar-refractivity contribution in [3.8, 4) is 12.3 Å².